The first kappa shape index (κ1) is 38.3. The second-order valence-corrected chi connectivity index (χ2v) is 18.3. The molecule has 1 N–H and O–H groups in total. The number of fused-ring (bicyclic) bond motifs is 5. The first-order valence-electron chi connectivity index (χ1n) is 19.6. The van der Waals surface area contributed by atoms with Crippen LogP contribution in [0.5, 0.6) is 5.75 Å². The summed E-state index contributed by atoms with van der Waals surface area (Å²) >= 11 is 14.4. The quantitative estimate of drug-likeness (QED) is 0.100. The Labute approximate surface area is 358 Å². The zero-order chi connectivity index (χ0) is 41.9. The smallest absolute Gasteiger partial charge is 0.242 e. The Morgan fingerprint density at radius 2 is 1.53 bits per heavy atom. The molecule has 4 amide bonds. The van der Waals surface area contributed by atoms with Gasteiger partial charge in [0.15, 0.2) is 5.78 Å². The molecule has 0 unspecified atom stereocenters. The first-order valence-corrected chi connectivity index (χ1v) is 21.2. The number of phenolic OH excluding ortho intramolecular Hbond substituents is 1. The van der Waals surface area contributed by atoms with Gasteiger partial charge >= 0.3 is 0 Å². The normalized spacial score (nSPS) is 24.8. The number of hydrogen-bond donors (Lipinski definition) is 1. The molecule has 3 fully saturated rings. The fourth-order valence-electron chi connectivity index (χ4n) is 10.3. The summed E-state index contributed by atoms with van der Waals surface area (Å²) in [6, 6.07) is 27.4. The second-order valence-electron chi connectivity index (χ2n) is 16.3. The fraction of sp³-hybridized carbons (Fsp3) is 0.234. The van der Waals surface area contributed by atoms with Gasteiger partial charge in [0.05, 0.1) is 33.7 Å². The molecule has 2 saturated heterocycles. The van der Waals surface area contributed by atoms with Crippen molar-refractivity contribution in [2.45, 2.75) is 32.6 Å². The van der Waals surface area contributed by atoms with Crippen LogP contribution in [0, 0.1) is 36.0 Å². The zero-order valence-corrected chi connectivity index (χ0v) is 34.9. The monoisotopic (exact) mass is 854 g/mol. The minimum absolute atomic E-state index is 0.101. The van der Waals surface area contributed by atoms with Crippen molar-refractivity contribution in [2.75, 3.05) is 9.80 Å². The molecule has 4 aliphatic rings. The van der Waals surface area contributed by atoms with E-state index < -0.39 is 52.7 Å². The number of ketones is 1. The molecule has 6 atom stereocenters. The molecular weight excluding hydrogens is 820 g/mol. The molecule has 60 heavy (non-hydrogen) atoms. The van der Waals surface area contributed by atoms with E-state index in [0.29, 0.717) is 49.5 Å². The van der Waals surface area contributed by atoms with E-state index in [9.17, 15) is 24.3 Å². The van der Waals surface area contributed by atoms with Crippen molar-refractivity contribution >= 4 is 85.5 Å². The van der Waals surface area contributed by atoms with Gasteiger partial charge in [-0.3, -0.25) is 33.6 Å². The van der Waals surface area contributed by atoms with Gasteiger partial charge in [0, 0.05) is 50.5 Å². The van der Waals surface area contributed by atoms with Gasteiger partial charge in [0.1, 0.15) is 17.3 Å². The molecule has 4 heterocycles. The molecule has 13 heteroatoms. The van der Waals surface area contributed by atoms with E-state index in [1.54, 1.807) is 92.0 Å². The van der Waals surface area contributed by atoms with E-state index in [2.05, 4.69) is 0 Å². The highest BCUT2D eigenvalue weighted by atomic mass is 35.5. The average molecular weight is 856 g/mol. The lowest BCUT2D eigenvalue weighted by Crippen LogP contribution is -2.49. The van der Waals surface area contributed by atoms with Crippen molar-refractivity contribution < 1.29 is 29.1 Å². The largest absolute Gasteiger partial charge is 0.508 e. The Bertz CT molecular complexity index is 2900. The summed E-state index contributed by atoms with van der Waals surface area (Å²) in [6.45, 7) is 3.75. The molecule has 1 saturated carbocycles. The summed E-state index contributed by atoms with van der Waals surface area (Å²) in [4.78, 5) is 75.5. The van der Waals surface area contributed by atoms with Crippen LogP contribution in [0.1, 0.15) is 52.7 Å². The van der Waals surface area contributed by atoms with Gasteiger partial charge in [0.25, 0.3) is 0 Å². The number of aromatic hydroxyl groups is 1. The number of amides is 4. The predicted molar refractivity (Wildman–Crippen MR) is 230 cm³/mol. The number of aromatic nitrogens is 2. The number of anilines is 2. The molecule has 2 aliphatic carbocycles. The van der Waals surface area contributed by atoms with E-state index in [0.717, 1.165) is 20.5 Å². The number of benzene rings is 4. The summed E-state index contributed by atoms with van der Waals surface area (Å²) < 4.78 is 2.56. The van der Waals surface area contributed by atoms with Crippen LogP contribution in [0.25, 0.3) is 20.7 Å². The Morgan fingerprint density at radius 1 is 0.833 bits per heavy atom. The number of rotatable bonds is 6. The SMILES string of the molecule is Cc1c(-c2cc(N3C(=O)[C@@H]4C[C@@H]5C(=CC[C@@H]6C(=O)N(c7ccc(C(=O)c8ccccc8)cc7)C(=O)[C@@H]65)[C@H](c5cc(Cl)ccc5O)[C@]4(C)C3=O)n(C)n2)sc2ccc(Cl)cc12. The number of hydrogen-bond acceptors (Lipinski definition) is 8. The third-order valence-corrected chi connectivity index (χ3v) is 15.0. The fourth-order valence-corrected chi connectivity index (χ4v) is 11.8. The third-order valence-electron chi connectivity index (χ3n) is 13.2. The molecule has 0 spiro atoms. The number of thiophene rings is 1. The Kier molecular flexibility index (Phi) is 8.84. The molecular formula is C47H36Cl2N4O6S. The van der Waals surface area contributed by atoms with E-state index >= 15 is 4.79 Å². The van der Waals surface area contributed by atoms with E-state index in [1.807, 2.05) is 37.3 Å². The van der Waals surface area contributed by atoms with Gasteiger partial charge in [-0.1, -0.05) is 65.2 Å². The van der Waals surface area contributed by atoms with Crippen molar-refractivity contribution in [3.8, 4) is 16.3 Å². The lowest BCUT2D eigenvalue weighted by molar-refractivity contribution is -0.131. The topological polar surface area (TPSA) is 130 Å². The number of allylic oxidation sites excluding steroid dienone is 2. The predicted octanol–water partition coefficient (Wildman–Crippen LogP) is 9.29. The Balaban J connectivity index is 1.03. The molecule has 2 aliphatic heterocycles. The second kappa shape index (κ2) is 13.8. The van der Waals surface area contributed by atoms with Crippen molar-refractivity contribution in [1.82, 2.24) is 9.78 Å². The number of aryl methyl sites for hydroxylation is 2. The average Bonchev–Trinajstić information content (AvgIpc) is 3.92. The lowest BCUT2D eigenvalue weighted by Gasteiger charge is -2.49. The van der Waals surface area contributed by atoms with Crippen LogP contribution in [0.15, 0.2) is 109 Å². The van der Waals surface area contributed by atoms with Gasteiger partial charge < -0.3 is 5.11 Å². The van der Waals surface area contributed by atoms with Crippen molar-refractivity contribution in [2.24, 2.45) is 36.1 Å². The van der Waals surface area contributed by atoms with Crippen LogP contribution in [-0.4, -0.2) is 44.3 Å². The van der Waals surface area contributed by atoms with Crippen LogP contribution in [0.3, 0.4) is 0 Å². The van der Waals surface area contributed by atoms with Crippen molar-refractivity contribution in [3.63, 3.8) is 0 Å². The van der Waals surface area contributed by atoms with E-state index in [-0.39, 0.29) is 30.3 Å². The highest BCUT2D eigenvalue weighted by Gasteiger charge is 2.68. The van der Waals surface area contributed by atoms with E-state index in [1.165, 1.54) is 20.5 Å². The van der Waals surface area contributed by atoms with Gasteiger partial charge in [-0.2, -0.15) is 5.10 Å². The molecule has 6 aromatic rings. The summed E-state index contributed by atoms with van der Waals surface area (Å²) in [5.41, 5.74) is 2.53. The summed E-state index contributed by atoms with van der Waals surface area (Å²) in [6.07, 6.45) is 2.27. The summed E-state index contributed by atoms with van der Waals surface area (Å²) in [5.74, 6) is -5.62. The van der Waals surface area contributed by atoms with Gasteiger partial charge in [-0.05, 0) is 104 Å². The Hall–Kier alpha value is -5.88. The number of carbonyl (C=O) groups excluding carboxylic acids is 5. The number of halogens is 2. The molecule has 10 rings (SSSR count). The van der Waals surface area contributed by atoms with E-state index in [4.69, 9.17) is 28.3 Å². The summed E-state index contributed by atoms with van der Waals surface area (Å²) in [5, 5.41) is 18.2. The van der Waals surface area contributed by atoms with Crippen LogP contribution in [0.2, 0.25) is 10.0 Å². The number of nitrogens with zero attached hydrogens (tertiary/aromatic N) is 4. The lowest BCUT2D eigenvalue weighted by atomic mass is 9.51. The van der Waals surface area contributed by atoms with Gasteiger partial charge in [-0.25, -0.2) is 4.90 Å². The molecule has 10 nitrogen and oxygen atoms in total. The van der Waals surface area contributed by atoms with Gasteiger partial charge in [0.2, 0.25) is 23.6 Å². The standard InChI is InChI=1S/C47H36Cl2N4O6S/c1-23-31-19-27(49)12-18-37(31)60-42(23)35-22-38(51(3)50-35)53-44(57)34-21-32-29(40(47(34,2)46(53)59)33-20-26(48)11-17-36(33)54)15-16-30-39(32)45(58)52(43(30)56)28-13-9-25(10-14-28)41(55)24-7-5-4-6-8-24/h4-15,17-20,22,30,32,34,39-40,54H,16,21H2,1-3H3/t30-,32+,34-,39-,40+,47+/m0/s1. The molecule has 2 aromatic heterocycles. The number of imide groups is 2. The third kappa shape index (κ3) is 5.52. The van der Waals surface area contributed by atoms with Crippen LogP contribution in [-0.2, 0) is 26.2 Å². The number of carbonyl (C=O) groups is 5. The van der Waals surface area contributed by atoms with Crippen LogP contribution in [0.4, 0.5) is 11.5 Å². The Morgan fingerprint density at radius 3 is 2.28 bits per heavy atom. The van der Waals surface area contributed by atoms with Crippen LogP contribution >= 0.6 is 34.5 Å². The maximum Gasteiger partial charge on any atom is 0.242 e. The van der Waals surface area contributed by atoms with Gasteiger partial charge in [-0.15, -0.1) is 11.3 Å². The van der Waals surface area contributed by atoms with Crippen LogP contribution < -0.4 is 9.80 Å². The highest BCUT2D eigenvalue weighted by Crippen LogP contribution is 2.64. The molecule has 0 radical (unpaired) electrons. The van der Waals surface area contributed by atoms with Crippen molar-refractivity contribution in [1.29, 1.82) is 0 Å². The highest BCUT2D eigenvalue weighted by molar-refractivity contribution is 7.22. The number of phenols is 1. The zero-order valence-electron chi connectivity index (χ0n) is 32.6. The summed E-state index contributed by atoms with van der Waals surface area (Å²) in [7, 11) is 1.69. The maximum absolute atomic E-state index is 15.2. The van der Waals surface area contributed by atoms with Crippen molar-refractivity contribution in [3.05, 3.63) is 141 Å². The maximum atomic E-state index is 15.2. The molecule has 4 aromatic carbocycles. The molecule has 0 bridgehead atoms. The molecule has 300 valence electrons. The minimum atomic E-state index is -1.41. The minimum Gasteiger partial charge on any atom is -0.508 e. The first-order chi connectivity index (χ1) is 28.8.